The highest BCUT2D eigenvalue weighted by atomic mass is 79.9. The molecular formula is C16H11BrF3N. The van der Waals surface area contributed by atoms with Crippen molar-refractivity contribution in [2.45, 2.75) is 12.7 Å². The number of halogens is 4. The van der Waals surface area contributed by atoms with E-state index < -0.39 is 11.7 Å². The Morgan fingerprint density at radius 2 is 1.67 bits per heavy atom. The number of nitrogens with zero attached hydrogens (tertiary/aromatic N) is 1. The minimum absolute atomic E-state index is 0.545. The predicted molar refractivity (Wildman–Crippen MR) is 80.2 cm³/mol. The third-order valence-electron chi connectivity index (χ3n) is 3.37. The molecule has 0 saturated heterocycles. The van der Waals surface area contributed by atoms with Crippen molar-refractivity contribution in [2.24, 2.45) is 0 Å². The van der Waals surface area contributed by atoms with Crippen molar-refractivity contribution in [1.82, 2.24) is 4.57 Å². The molecule has 2 aromatic carbocycles. The van der Waals surface area contributed by atoms with Gasteiger partial charge < -0.3 is 4.57 Å². The highest BCUT2D eigenvalue weighted by Gasteiger charge is 2.29. The molecule has 1 nitrogen and oxygen atoms in total. The third kappa shape index (κ3) is 2.97. The first-order valence-electron chi connectivity index (χ1n) is 6.34. The zero-order chi connectivity index (χ0) is 15.0. The average molecular weight is 354 g/mol. The summed E-state index contributed by atoms with van der Waals surface area (Å²) in [6.45, 7) is 0.545. The van der Waals surface area contributed by atoms with E-state index in [1.165, 1.54) is 12.1 Å². The monoisotopic (exact) mass is 353 g/mol. The van der Waals surface area contributed by atoms with Gasteiger partial charge in [-0.3, -0.25) is 0 Å². The molecule has 0 unspecified atom stereocenters. The van der Waals surface area contributed by atoms with Crippen LogP contribution in [0.2, 0.25) is 0 Å². The molecule has 21 heavy (non-hydrogen) atoms. The van der Waals surface area contributed by atoms with E-state index in [4.69, 9.17) is 0 Å². The van der Waals surface area contributed by atoms with Crippen LogP contribution in [-0.4, -0.2) is 4.57 Å². The molecule has 1 heterocycles. The number of benzene rings is 2. The van der Waals surface area contributed by atoms with Gasteiger partial charge in [-0.05, 0) is 42.0 Å². The minimum atomic E-state index is -4.29. The first-order chi connectivity index (χ1) is 9.93. The molecule has 3 aromatic rings. The molecule has 3 rings (SSSR count). The van der Waals surface area contributed by atoms with Crippen LogP contribution in [0.3, 0.4) is 0 Å². The van der Waals surface area contributed by atoms with Crippen LogP contribution >= 0.6 is 15.9 Å². The van der Waals surface area contributed by atoms with Crippen LogP contribution in [0.1, 0.15) is 11.1 Å². The van der Waals surface area contributed by atoms with Crippen LogP contribution in [0.4, 0.5) is 13.2 Å². The Morgan fingerprint density at radius 1 is 0.952 bits per heavy atom. The molecule has 1 aromatic heterocycles. The second-order valence-electron chi connectivity index (χ2n) is 4.84. The smallest absolute Gasteiger partial charge is 0.343 e. The Hall–Kier alpha value is -1.75. The number of fused-ring (bicyclic) bond motifs is 1. The van der Waals surface area contributed by atoms with Crippen LogP contribution < -0.4 is 0 Å². The van der Waals surface area contributed by atoms with Crippen molar-refractivity contribution in [3.8, 4) is 0 Å². The van der Waals surface area contributed by atoms with Gasteiger partial charge in [0.15, 0.2) is 0 Å². The quantitative estimate of drug-likeness (QED) is 0.575. The van der Waals surface area contributed by atoms with Gasteiger partial charge in [-0.25, -0.2) is 0 Å². The van der Waals surface area contributed by atoms with Gasteiger partial charge in [0.2, 0.25) is 0 Å². The van der Waals surface area contributed by atoms with Crippen LogP contribution in [0.25, 0.3) is 10.9 Å². The number of aromatic nitrogens is 1. The van der Waals surface area contributed by atoms with Gasteiger partial charge in [-0.2, -0.15) is 13.2 Å². The van der Waals surface area contributed by atoms with Crippen molar-refractivity contribution in [1.29, 1.82) is 0 Å². The summed E-state index contributed by atoms with van der Waals surface area (Å²) in [6, 6.07) is 13.2. The summed E-state index contributed by atoms with van der Waals surface area (Å²) in [5.74, 6) is 0. The van der Waals surface area contributed by atoms with Gasteiger partial charge in [-0.15, -0.1) is 0 Å². The fraction of sp³-hybridized carbons (Fsp3) is 0.125. The number of alkyl halides is 3. The van der Waals surface area contributed by atoms with E-state index in [1.807, 2.05) is 35.0 Å². The second-order valence-corrected chi connectivity index (χ2v) is 5.76. The van der Waals surface area contributed by atoms with Crippen molar-refractivity contribution in [3.05, 3.63) is 70.3 Å². The summed E-state index contributed by atoms with van der Waals surface area (Å²) >= 11 is 3.42. The fourth-order valence-corrected chi connectivity index (χ4v) is 2.68. The van der Waals surface area contributed by atoms with Gasteiger partial charge in [-0.1, -0.05) is 28.1 Å². The predicted octanol–water partition coefficient (Wildman–Crippen LogP) is 5.47. The SMILES string of the molecule is FC(F)(F)c1ccc(Cn2ccc3cc(Br)ccc32)cc1. The molecule has 0 amide bonds. The first-order valence-corrected chi connectivity index (χ1v) is 7.13. The number of rotatable bonds is 2. The summed E-state index contributed by atoms with van der Waals surface area (Å²) < 4.78 is 40.6. The molecule has 0 spiro atoms. The van der Waals surface area contributed by atoms with Gasteiger partial charge in [0, 0.05) is 28.1 Å². The van der Waals surface area contributed by atoms with Gasteiger partial charge >= 0.3 is 6.18 Å². The van der Waals surface area contributed by atoms with E-state index in [-0.39, 0.29) is 0 Å². The summed E-state index contributed by atoms with van der Waals surface area (Å²) in [7, 11) is 0. The fourth-order valence-electron chi connectivity index (χ4n) is 2.30. The lowest BCUT2D eigenvalue weighted by Crippen LogP contribution is -2.05. The summed E-state index contributed by atoms with van der Waals surface area (Å²) in [5.41, 5.74) is 1.27. The first kappa shape index (κ1) is 14.2. The van der Waals surface area contributed by atoms with Crippen molar-refractivity contribution < 1.29 is 13.2 Å². The molecule has 108 valence electrons. The van der Waals surface area contributed by atoms with E-state index in [0.29, 0.717) is 6.54 Å². The molecule has 0 aliphatic rings. The zero-order valence-electron chi connectivity index (χ0n) is 10.9. The van der Waals surface area contributed by atoms with Crippen molar-refractivity contribution in [2.75, 3.05) is 0 Å². The Kier molecular flexibility index (Phi) is 3.53. The Morgan fingerprint density at radius 3 is 2.33 bits per heavy atom. The normalized spacial score (nSPS) is 12.0. The van der Waals surface area contributed by atoms with E-state index >= 15 is 0 Å². The molecule has 0 atom stereocenters. The lowest BCUT2D eigenvalue weighted by molar-refractivity contribution is -0.137. The van der Waals surface area contributed by atoms with E-state index in [9.17, 15) is 13.2 Å². The minimum Gasteiger partial charge on any atom is -0.343 e. The molecular weight excluding hydrogens is 343 g/mol. The van der Waals surface area contributed by atoms with Crippen molar-refractivity contribution in [3.63, 3.8) is 0 Å². The second kappa shape index (κ2) is 5.22. The number of hydrogen-bond donors (Lipinski definition) is 0. The highest BCUT2D eigenvalue weighted by molar-refractivity contribution is 9.10. The third-order valence-corrected chi connectivity index (χ3v) is 3.86. The molecule has 0 radical (unpaired) electrons. The summed E-state index contributed by atoms with van der Waals surface area (Å²) in [6.07, 6.45) is -2.35. The topological polar surface area (TPSA) is 4.93 Å². The van der Waals surface area contributed by atoms with Crippen molar-refractivity contribution >= 4 is 26.8 Å². The maximum atomic E-state index is 12.5. The highest BCUT2D eigenvalue weighted by Crippen LogP contribution is 2.29. The Balaban J connectivity index is 1.88. The molecule has 0 aliphatic carbocycles. The maximum Gasteiger partial charge on any atom is 0.416 e. The number of hydrogen-bond acceptors (Lipinski definition) is 0. The largest absolute Gasteiger partial charge is 0.416 e. The molecule has 5 heteroatoms. The van der Waals surface area contributed by atoms with E-state index in [2.05, 4.69) is 15.9 Å². The van der Waals surface area contributed by atoms with Crippen LogP contribution in [0.5, 0.6) is 0 Å². The van der Waals surface area contributed by atoms with Gasteiger partial charge in [0.05, 0.1) is 5.56 Å². The lowest BCUT2D eigenvalue weighted by Gasteiger charge is -2.09. The maximum absolute atomic E-state index is 12.5. The van der Waals surface area contributed by atoms with Crippen LogP contribution in [0.15, 0.2) is 59.2 Å². The summed E-state index contributed by atoms with van der Waals surface area (Å²) in [5, 5.41) is 1.09. The Labute approximate surface area is 128 Å². The molecule has 0 bridgehead atoms. The standard InChI is InChI=1S/C16H11BrF3N/c17-14-5-6-15-12(9-14)7-8-21(15)10-11-1-3-13(4-2-11)16(18,19)20/h1-9H,10H2. The lowest BCUT2D eigenvalue weighted by atomic mass is 10.1. The van der Waals surface area contributed by atoms with Gasteiger partial charge in [0.25, 0.3) is 0 Å². The van der Waals surface area contributed by atoms with E-state index in [0.717, 1.165) is 33.1 Å². The molecule has 0 fully saturated rings. The van der Waals surface area contributed by atoms with Crippen LogP contribution in [0, 0.1) is 0 Å². The van der Waals surface area contributed by atoms with Crippen LogP contribution in [-0.2, 0) is 12.7 Å². The molecule has 0 N–H and O–H groups in total. The zero-order valence-corrected chi connectivity index (χ0v) is 12.4. The molecule has 0 saturated carbocycles. The summed E-state index contributed by atoms with van der Waals surface area (Å²) in [4.78, 5) is 0. The van der Waals surface area contributed by atoms with E-state index in [1.54, 1.807) is 0 Å². The Bertz CT molecular complexity index is 772. The van der Waals surface area contributed by atoms with Gasteiger partial charge in [0.1, 0.15) is 0 Å². The molecule has 0 aliphatic heterocycles. The average Bonchev–Trinajstić information content (AvgIpc) is 2.80.